The molecule has 0 saturated carbocycles. The van der Waals surface area contributed by atoms with Gasteiger partial charge in [-0.1, -0.05) is 13.3 Å². The van der Waals surface area contributed by atoms with E-state index in [4.69, 9.17) is 0 Å². The zero-order chi connectivity index (χ0) is 12.3. The minimum Gasteiger partial charge on any atom is -0.310 e. The first kappa shape index (κ1) is 14.5. The third-order valence-electron chi connectivity index (χ3n) is 2.62. The molecule has 0 saturated heterocycles. The minimum absolute atomic E-state index is 0.836. The first-order chi connectivity index (χ1) is 8.38. The van der Waals surface area contributed by atoms with Crippen LogP contribution in [0.15, 0.2) is 6.33 Å². The average molecular weight is 256 g/mol. The lowest BCUT2D eigenvalue weighted by Gasteiger charge is -2.06. The average Bonchev–Trinajstić information content (AvgIpc) is 2.76. The van der Waals surface area contributed by atoms with E-state index >= 15 is 0 Å². The molecular weight excluding hydrogens is 232 g/mol. The predicted molar refractivity (Wildman–Crippen MR) is 74.3 cm³/mol. The van der Waals surface area contributed by atoms with Crippen molar-refractivity contribution in [2.75, 3.05) is 18.6 Å². The van der Waals surface area contributed by atoms with Gasteiger partial charge < -0.3 is 5.32 Å². The van der Waals surface area contributed by atoms with Crippen LogP contribution in [0.1, 0.15) is 38.4 Å². The molecule has 17 heavy (non-hydrogen) atoms. The van der Waals surface area contributed by atoms with Gasteiger partial charge in [-0.15, -0.1) is 0 Å². The summed E-state index contributed by atoms with van der Waals surface area (Å²) in [6.45, 7) is 5.03. The fourth-order valence-corrected chi connectivity index (χ4v) is 2.19. The number of aromatic nitrogens is 3. The molecule has 1 aromatic heterocycles. The lowest BCUT2D eigenvalue weighted by atomic mass is 10.2. The van der Waals surface area contributed by atoms with Gasteiger partial charge in [-0.05, 0) is 37.8 Å². The van der Waals surface area contributed by atoms with Crippen LogP contribution in [0.4, 0.5) is 0 Å². The fourth-order valence-electron chi connectivity index (χ4n) is 1.70. The molecule has 4 nitrogen and oxygen atoms in total. The third-order valence-corrected chi connectivity index (χ3v) is 3.31. The molecule has 5 heteroatoms. The minimum atomic E-state index is 0.836. The Morgan fingerprint density at radius 1 is 1.35 bits per heavy atom. The van der Waals surface area contributed by atoms with Gasteiger partial charge in [0.1, 0.15) is 12.2 Å². The maximum absolute atomic E-state index is 4.27. The van der Waals surface area contributed by atoms with Gasteiger partial charge in [-0.25, -0.2) is 9.67 Å². The number of unbranched alkanes of at least 4 members (excludes halogenated alkanes) is 2. The van der Waals surface area contributed by atoms with Crippen molar-refractivity contribution in [3.05, 3.63) is 12.2 Å². The Bertz CT molecular complexity index is 288. The number of aryl methyl sites for hydroxylation is 1. The van der Waals surface area contributed by atoms with Crippen molar-refractivity contribution in [1.29, 1.82) is 0 Å². The van der Waals surface area contributed by atoms with Gasteiger partial charge in [0.05, 0.1) is 6.54 Å². The van der Waals surface area contributed by atoms with Gasteiger partial charge in [0, 0.05) is 6.54 Å². The van der Waals surface area contributed by atoms with Crippen LogP contribution in [0.2, 0.25) is 0 Å². The second-order valence-corrected chi connectivity index (χ2v) is 5.12. The van der Waals surface area contributed by atoms with E-state index in [0.717, 1.165) is 31.9 Å². The Morgan fingerprint density at radius 3 is 3.00 bits per heavy atom. The highest BCUT2D eigenvalue weighted by Gasteiger charge is 2.01. The predicted octanol–water partition coefficient (Wildman–Crippen LogP) is 2.31. The van der Waals surface area contributed by atoms with Crippen LogP contribution in [0.3, 0.4) is 0 Å². The van der Waals surface area contributed by atoms with E-state index in [2.05, 4.69) is 28.6 Å². The zero-order valence-corrected chi connectivity index (χ0v) is 11.8. The molecular formula is C12H24N4S. The molecule has 1 aromatic rings. The van der Waals surface area contributed by atoms with Crippen molar-refractivity contribution >= 4 is 11.8 Å². The van der Waals surface area contributed by atoms with Crippen molar-refractivity contribution in [2.24, 2.45) is 0 Å². The molecule has 0 aliphatic rings. The summed E-state index contributed by atoms with van der Waals surface area (Å²) in [5.41, 5.74) is 0. The SMILES string of the molecule is CCCn1ncnc1CNCCCCCSC. The van der Waals surface area contributed by atoms with Crippen LogP contribution in [0, 0.1) is 0 Å². The molecule has 0 fully saturated rings. The molecule has 0 unspecified atom stereocenters. The lowest BCUT2D eigenvalue weighted by Crippen LogP contribution is -2.18. The standard InChI is InChI=1S/C12H24N4S/c1-3-8-16-12(14-11-15-16)10-13-7-5-4-6-9-17-2/h11,13H,3-10H2,1-2H3. The largest absolute Gasteiger partial charge is 0.310 e. The van der Waals surface area contributed by atoms with Crippen LogP contribution in [0.5, 0.6) is 0 Å². The van der Waals surface area contributed by atoms with Crippen molar-refractivity contribution in [3.63, 3.8) is 0 Å². The van der Waals surface area contributed by atoms with Gasteiger partial charge in [0.15, 0.2) is 0 Å². The molecule has 0 aliphatic carbocycles. The molecule has 98 valence electrons. The topological polar surface area (TPSA) is 42.7 Å². The second kappa shape index (κ2) is 9.48. The maximum Gasteiger partial charge on any atom is 0.140 e. The van der Waals surface area contributed by atoms with Crippen LogP contribution in [0.25, 0.3) is 0 Å². The van der Waals surface area contributed by atoms with Crippen molar-refractivity contribution in [3.8, 4) is 0 Å². The molecule has 0 aliphatic heterocycles. The summed E-state index contributed by atoms with van der Waals surface area (Å²) in [7, 11) is 0. The zero-order valence-electron chi connectivity index (χ0n) is 11.0. The first-order valence-corrected chi connectivity index (χ1v) is 7.84. The monoisotopic (exact) mass is 256 g/mol. The van der Waals surface area contributed by atoms with Gasteiger partial charge in [0.25, 0.3) is 0 Å². The van der Waals surface area contributed by atoms with E-state index in [0.29, 0.717) is 0 Å². The third kappa shape index (κ3) is 6.07. The summed E-state index contributed by atoms with van der Waals surface area (Å²) in [6, 6.07) is 0. The molecule has 0 bridgehead atoms. The van der Waals surface area contributed by atoms with Crippen molar-refractivity contribution in [2.45, 2.75) is 45.7 Å². The number of nitrogens with zero attached hydrogens (tertiary/aromatic N) is 3. The van der Waals surface area contributed by atoms with E-state index in [-0.39, 0.29) is 0 Å². The summed E-state index contributed by atoms with van der Waals surface area (Å²) >= 11 is 1.93. The summed E-state index contributed by atoms with van der Waals surface area (Å²) in [5, 5.41) is 7.64. The highest BCUT2D eigenvalue weighted by atomic mass is 32.2. The van der Waals surface area contributed by atoms with E-state index in [9.17, 15) is 0 Å². The van der Waals surface area contributed by atoms with Gasteiger partial charge in [0.2, 0.25) is 0 Å². The molecule has 0 spiro atoms. The summed E-state index contributed by atoms with van der Waals surface area (Å²) in [4.78, 5) is 4.27. The highest BCUT2D eigenvalue weighted by Crippen LogP contribution is 2.01. The lowest BCUT2D eigenvalue weighted by molar-refractivity contribution is 0.534. The van der Waals surface area contributed by atoms with E-state index in [1.54, 1.807) is 6.33 Å². The smallest absolute Gasteiger partial charge is 0.140 e. The van der Waals surface area contributed by atoms with Crippen LogP contribution in [-0.2, 0) is 13.1 Å². The summed E-state index contributed by atoms with van der Waals surface area (Å²) < 4.78 is 1.99. The number of hydrogen-bond donors (Lipinski definition) is 1. The number of nitrogens with one attached hydrogen (secondary N) is 1. The Kier molecular flexibility index (Phi) is 8.09. The molecule has 0 radical (unpaired) electrons. The fraction of sp³-hybridized carbons (Fsp3) is 0.833. The Labute approximate surface area is 109 Å². The molecule has 1 heterocycles. The quantitative estimate of drug-likeness (QED) is 0.652. The van der Waals surface area contributed by atoms with E-state index in [1.807, 2.05) is 16.4 Å². The molecule has 0 atom stereocenters. The Morgan fingerprint density at radius 2 is 2.24 bits per heavy atom. The van der Waals surface area contributed by atoms with Crippen molar-refractivity contribution < 1.29 is 0 Å². The maximum atomic E-state index is 4.27. The number of rotatable bonds is 10. The molecule has 0 amide bonds. The molecule has 1 rings (SSSR count). The van der Waals surface area contributed by atoms with E-state index < -0.39 is 0 Å². The van der Waals surface area contributed by atoms with Gasteiger partial charge in [-0.3, -0.25) is 0 Å². The highest BCUT2D eigenvalue weighted by molar-refractivity contribution is 7.98. The molecule has 1 N–H and O–H groups in total. The first-order valence-electron chi connectivity index (χ1n) is 6.44. The van der Waals surface area contributed by atoms with Crippen molar-refractivity contribution in [1.82, 2.24) is 20.1 Å². The second-order valence-electron chi connectivity index (χ2n) is 4.13. The number of hydrogen-bond acceptors (Lipinski definition) is 4. The summed E-state index contributed by atoms with van der Waals surface area (Å²) in [6.07, 6.45) is 8.81. The van der Waals surface area contributed by atoms with Gasteiger partial charge >= 0.3 is 0 Å². The number of thioether (sulfide) groups is 1. The van der Waals surface area contributed by atoms with E-state index in [1.165, 1.54) is 25.0 Å². The van der Waals surface area contributed by atoms with Crippen LogP contribution in [-0.4, -0.2) is 33.3 Å². The Balaban J connectivity index is 2.07. The van der Waals surface area contributed by atoms with Crippen LogP contribution < -0.4 is 5.32 Å². The normalized spacial score (nSPS) is 10.9. The van der Waals surface area contributed by atoms with Crippen LogP contribution >= 0.6 is 11.8 Å². The molecule has 0 aromatic carbocycles. The van der Waals surface area contributed by atoms with Gasteiger partial charge in [-0.2, -0.15) is 16.9 Å². The Hall–Kier alpha value is -0.550. The summed E-state index contributed by atoms with van der Waals surface area (Å²) in [5.74, 6) is 2.33.